The minimum atomic E-state index is -1.05. The summed E-state index contributed by atoms with van der Waals surface area (Å²) in [6.07, 6.45) is 1.21. The van der Waals surface area contributed by atoms with E-state index < -0.39 is 18.2 Å². The molecule has 0 spiro atoms. The molecule has 0 radical (unpaired) electrons. The maximum absolute atomic E-state index is 10.7. The Bertz CT molecular complexity index is 844. The molecule has 7 heteroatoms. The van der Waals surface area contributed by atoms with Gasteiger partial charge < -0.3 is 29.5 Å². The van der Waals surface area contributed by atoms with Crippen molar-refractivity contribution in [1.82, 2.24) is 0 Å². The highest BCUT2D eigenvalue weighted by Crippen LogP contribution is 2.41. The van der Waals surface area contributed by atoms with Crippen LogP contribution in [0.25, 0.3) is 6.08 Å². The van der Waals surface area contributed by atoms with Gasteiger partial charge in [0.1, 0.15) is 0 Å². The van der Waals surface area contributed by atoms with E-state index in [1.165, 1.54) is 19.3 Å². The van der Waals surface area contributed by atoms with Crippen LogP contribution in [0.3, 0.4) is 0 Å². The maximum atomic E-state index is 10.7. The molecule has 0 saturated heterocycles. The van der Waals surface area contributed by atoms with E-state index in [-0.39, 0.29) is 18.1 Å². The predicted molar refractivity (Wildman–Crippen MR) is 92.6 cm³/mol. The second-order valence-electron chi connectivity index (χ2n) is 5.69. The summed E-state index contributed by atoms with van der Waals surface area (Å²) in [6.45, 7) is -0.270. The van der Waals surface area contributed by atoms with E-state index in [2.05, 4.69) is 0 Å². The summed E-state index contributed by atoms with van der Waals surface area (Å²) in [5.74, 6) is 0.119. The molecular weight excluding hydrogens is 340 g/mol. The van der Waals surface area contributed by atoms with Gasteiger partial charge >= 0.3 is 5.97 Å². The van der Waals surface area contributed by atoms with Crippen LogP contribution in [0, 0.1) is 0 Å². The van der Waals surface area contributed by atoms with Gasteiger partial charge in [-0.1, -0.05) is 12.1 Å². The van der Waals surface area contributed by atoms with Gasteiger partial charge in [0.05, 0.1) is 13.7 Å². The molecule has 2 aromatic carbocycles. The number of hydrogen-bond donors (Lipinski definition) is 3. The molecule has 3 N–H and O–H groups in total. The number of hydrogen-bond acceptors (Lipinski definition) is 6. The fourth-order valence-electron chi connectivity index (χ4n) is 2.71. The van der Waals surface area contributed by atoms with E-state index in [0.717, 1.165) is 6.08 Å². The van der Waals surface area contributed by atoms with Crippen LogP contribution in [-0.2, 0) is 4.79 Å². The average molecular weight is 358 g/mol. The molecule has 0 bridgehead atoms. The Morgan fingerprint density at radius 1 is 1.19 bits per heavy atom. The highest BCUT2D eigenvalue weighted by molar-refractivity contribution is 5.85. The van der Waals surface area contributed by atoms with Crippen LogP contribution >= 0.6 is 0 Å². The number of aliphatic hydroxyl groups excluding tert-OH is 1. The number of phenolic OH excluding ortho intramolecular Hbond substituents is 1. The first-order valence-electron chi connectivity index (χ1n) is 7.88. The summed E-state index contributed by atoms with van der Waals surface area (Å²) in [5.41, 5.74) is 1.30. The van der Waals surface area contributed by atoms with E-state index in [1.54, 1.807) is 30.3 Å². The number of fused-ring (bicyclic) bond motifs is 1. The Morgan fingerprint density at radius 3 is 2.69 bits per heavy atom. The summed E-state index contributed by atoms with van der Waals surface area (Å²) < 4.78 is 16.9. The number of aliphatic hydroxyl groups is 1. The van der Waals surface area contributed by atoms with Crippen molar-refractivity contribution in [3.05, 3.63) is 53.6 Å². The van der Waals surface area contributed by atoms with Gasteiger partial charge in [0.25, 0.3) is 0 Å². The first-order chi connectivity index (χ1) is 12.5. The summed E-state index contributed by atoms with van der Waals surface area (Å²) >= 11 is 0. The first-order valence-corrected chi connectivity index (χ1v) is 7.88. The van der Waals surface area contributed by atoms with Crippen molar-refractivity contribution in [3.63, 3.8) is 0 Å². The lowest BCUT2D eigenvalue weighted by Gasteiger charge is -2.33. The van der Waals surface area contributed by atoms with Crippen LogP contribution in [0.15, 0.2) is 42.5 Å². The minimum Gasteiger partial charge on any atom is -0.504 e. The highest BCUT2D eigenvalue weighted by Gasteiger charge is 2.33. The molecule has 1 aliphatic heterocycles. The van der Waals surface area contributed by atoms with Crippen molar-refractivity contribution in [2.24, 2.45) is 0 Å². The molecule has 3 rings (SSSR count). The van der Waals surface area contributed by atoms with Gasteiger partial charge in [-0.25, -0.2) is 4.79 Å². The van der Waals surface area contributed by atoms with Crippen molar-refractivity contribution in [2.45, 2.75) is 12.2 Å². The average Bonchev–Trinajstić information content (AvgIpc) is 2.65. The molecule has 0 saturated carbocycles. The fraction of sp³-hybridized carbons (Fsp3) is 0.211. The van der Waals surface area contributed by atoms with Crippen LogP contribution in [-0.4, -0.2) is 41.1 Å². The van der Waals surface area contributed by atoms with Gasteiger partial charge in [-0.3, -0.25) is 0 Å². The molecule has 1 aliphatic rings. The SMILES string of the molecule is COc1cc([C@H]2Oc3cc(/C=C/C(=O)O)ccc3O[C@@H]2CO)ccc1O. The van der Waals surface area contributed by atoms with Gasteiger partial charge in [0.2, 0.25) is 0 Å². The van der Waals surface area contributed by atoms with Crippen LogP contribution in [0.2, 0.25) is 0 Å². The minimum absolute atomic E-state index is 0.00461. The van der Waals surface area contributed by atoms with Crippen molar-refractivity contribution >= 4 is 12.0 Å². The second kappa shape index (κ2) is 7.37. The van der Waals surface area contributed by atoms with Crippen molar-refractivity contribution < 1.29 is 34.3 Å². The summed E-state index contributed by atoms with van der Waals surface area (Å²) in [5, 5.41) is 28.2. The van der Waals surface area contributed by atoms with Gasteiger partial charge in [0.15, 0.2) is 35.2 Å². The summed E-state index contributed by atoms with van der Waals surface area (Å²) in [6, 6.07) is 9.77. The van der Waals surface area contributed by atoms with E-state index in [4.69, 9.17) is 19.3 Å². The van der Waals surface area contributed by atoms with Gasteiger partial charge in [-0.2, -0.15) is 0 Å². The van der Waals surface area contributed by atoms with Crippen LogP contribution in [0.1, 0.15) is 17.2 Å². The normalized spacial score (nSPS) is 18.7. The Balaban J connectivity index is 1.94. The lowest BCUT2D eigenvalue weighted by Crippen LogP contribution is -2.36. The fourth-order valence-corrected chi connectivity index (χ4v) is 2.71. The summed E-state index contributed by atoms with van der Waals surface area (Å²) in [7, 11) is 1.44. The smallest absolute Gasteiger partial charge is 0.328 e. The number of methoxy groups -OCH3 is 1. The lowest BCUT2D eigenvalue weighted by molar-refractivity contribution is -0.131. The molecule has 0 fully saturated rings. The molecule has 0 unspecified atom stereocenters. The third kappa shape index (κ3) is 3.57. The molecule has 0 aliphatic carbocycles. The van der Waals surface area contributed by atoms with Gasteiger partial charge in [-0.15, -0.1) is 0 Å². The lowest BCUT2D eigenvalue weighted by atomic mass is 10.0. The van der Waals surface area contributed by atoms with Gasteiger partial charge in [-0.05, 0) is 35.9 Å². The van der Waals surface area contributed by atoms with E-state index >= 15 is 0 Å². The zero-order chi connectivity index (χ0) is 18.7. The molecule has 7 nitrogen and oxygen atoms in total. The molecule has 136 valence electrons. The first kappa shape index (κ1) is 17.6. The van der Waals surface area contributed by atoms with Crippen LogP contribution in [0.4, 0.5) is 0 Å². The quantitative estimate of drug-likeness (QED) is 0.705. The maximum Gasteiger partial charge on any atom is 0.328 e. The predicted octanol–water partition coefficient (Wildman–Crippen LogP) is 2.37. The van der Waals surface area contributed by atoms with E-state index in [0.29, 0.717) is 22.6 Å². The Hall–Kier alpha value is -3.19. The monoisotopic (exact) mass is 358 g/mol. The summed E-state index contributed by atoms with van der Waals surface area (Å²) in [4.78, 5) is 10.7. The third-order valence-corrected chi connectivity index (χ3v) is 3.97. The number of aliphatic carboxylic acids is 1. The van der Waals surface area contributed by atoms with Crippen molar-refractivity contribution in [1.29, 1.82) is 0 Å². The number of carboxylic acid groups (broad SMARTS) is 1. The number of phenols is 1. The molecular formula is C19H18O7. The topological polar surface area (TPSA) is 105 Å². The third-order valence-electron chi connectivity index (χ3n) is 3.97. The largest absolute Gasteiger partial charge is 0.504 e. The van der Waals surface area contributed by atoms with E-state index in [9.17, 15) is 15.0 Å². The molecule has 0 aromatic heterocycles. The number of ether oxygens (including phenoxy) is 3. The number of carbonyl (C=O) groups is 1. The van der Waals surface area contributed by atoms with Crippen molar-refractivity contribution in [2.75, 3.05) is 13.7 Å². The molecule has 0 amide bonds. The Morgan fingerprint density at radius 2 is 2.00 bits per heavy atom. The Labute approximate surface area is 149 Å². The van der Waals surface area contributed by atoms with Gasteiger partial charge in [0, 0.05) is 11.6 Å². The number of aromatic hydroxyl groups is 1. The standard InChI is InChI=1S/C19H18O7/c1-24-15-9-12(4-5-13(15)21)19-17(10-20)25-14-6-2-11(3-7-18(22)23)8-16(14)26-19/h2-9,17,19-21H,10H2,1H3,(H,22,23)/b7-3+/t17-,19-/m1/s1. The van der Waals surface area contributed by atoms with E-state index in [1.807, 2.05) is 0 Å². The molecule has 2 atom stereocenters. The van der Waals surface area contributed by atoms with Crippen LogP contribution < -0.4 is 14.2 Å². The zero-order valence-corrected chi connectivity index (χ0v) is 14.0. The molecule has 26 heavy (non-hydrogen) atoms. The molecule has 2 aromatic rings. The second-order valence-corrected chi connectivity index (χ2v) is 5.69. The van der Waals surface area contributed by atoms with Crippen LogP contribution in [0.5, 0.6) is 23.0 Å². The zero-order valence-electron chi connectivity index (χ0n) is 14.0. The number of carboxylic acids is 1. The molecule has 1 heterocycles. The highest BCUT2D eigenvalue weighted by atomic mass is 16.6. The Kier molecular flexibility index (Phi) is 4.99. The van der Waals surface area contributed by atoms with Crippen molar-refractivity contribution in [3.8, 4) is 23.0 Å². The number of rotatable bonds is 5. The number of benzene rings is 2.